The van der Waals surface area contributed by atoms with Crippen LogP contribution in [0.1, 0.15) is 34.8 Å². The van der Waals surface area contributed by atoms with E-state index in [1.807, 2.05) is 39.0 Å². The lowest BCUT2D eigenvalue weighted by Crippen LogP contribution is -2.41. The molecule has 1 aromatic heterocycles. The smallest absolute Gasteiger partial charge is 0.254 e. The first-order valence-electron chi connectivity index (χ1n) is 9.11. The number of aryl methyl sites for hydroxylation is 2. The highest BCUT2D eigenvalue weighted by Gasteiger charge is 2.34. The van der Waals surface area contributed by atoms with Gasteiger partial charge in [-0.25, -0.2) is 13.4 Å². The van der Waals surface area contributed by atoms with Gasteiger partial charge in [0.2, 0.25) is 0 Å². The topological polar surface area (TPSA) is 79.4 Å². The summed E-state index contributed by atoms with van der Waals surface area (Å²) in [4.78, 5) is 19.0. The van der Waals surface area contributed by atoms with Gasteiger partial charge in [-0.15, -0.1) is 0 Å². The van der Waals surface area contributed by atoms with Crippen molar-refractivity contribution in [2.45, 2.75) is 33.2 Å². The molecule has 1 amide bonds. The molecule has 1 saturated heterocycles. The number of nitrogens with one attached hydrogen (secondary N) is 1. The van der Waals surface area contributed by atoms with Crippen LogP contribution in [-0.2, 0) is 9.84 Å². The second-order valence-corrected chi connectivity index (χ2v) is 9.20. The van der Waals surface area contributed by atoms with Crippen LogP contribution in [0, 0.1) is 13.8 Å². The summed E-state index contributed by atoms with van der Waals surface area (Å²) in [6.07, 6.45) is 2.10. The summed E-state index contributed by atoms with van der Waals surface area (Å²) in [5.74, 6) is 0.627. The molecule has 0 aliphatic carbocycles. The highest BCUT2D eigenvalue weighted by atomic mass is 32.2. The van der Waals surface area contributed by atoms with Gasteiger partial charge in [0.15, 0.2) is 9.84 Å². The fraction of sp³-hybridized carbons (Fsp3) is 0.400. The molecule has 1 unspecified atom stereocenters. The maximum atomic E-state index is 13.0. The number of sulfone groups is 1. The lowest BCUT2D eigenvalue weighted by Gasteiger charge is -2.27. The van der Waals surface area contributed by atoms with E-state index in [4.69, 9.17) is 0 Å². The molecule has 2 aromatic rings. The predicted molar refractivity (Wildman–Crippen MR) is 107 cm³/mol. The Morgan fingerprint density at radius 2 is 1.96 bits per heavy atom. The molecule has 1 aromatic carbocycles. The molecule has 0 radical (unpaired) electrons. The fourth-order valence-corrected chi connectivity index (χ4v) is 5.26. The number of carbonyl (C=O) groups excluding carboxylic acids is 1. The van der Waals surface area contributed by atoms with Crippen LogP contribution in [-0.4, -0.2) is 48.3 Å². The van der Waals surface area contributed by atoms with Crippen LogP contribution in [0.3, 0.4) is 0 Å². The Labute approximate surface area is 160 Å². The second kappa shape index (κ2) is 7.68. The Morgan fingerprint density at radius 1 is 1.26 bits per heavy atom. The van der Waals surface area contributed by atoms with Gasteiger partial charge in [0, 0.05) is 30.0 Å². The van der Waals surface area contributed by atoms with Crippen LogP contribution in [0.4, 0.5) is 11.5 Å². The van der Waals surface area contributed by atoms with Crippen molar-refractivity contribution < 1.29 is 13.2 Å². The van der Waals surface area contributed by atoms with E-state index >= 15 is 0 Å². The Balaban J connectivity index is 1.83. The first-order valence-corrected chi connectivity index (χ1v) is 10.9. The minimum absolute atomic E-state index is 0.0468. The molecule has 1 aliphatic rings. The van der Waals surface area contributed by atoms with Crippen molar-refractivity contribution in [2.24, 2.45) is 0 Å². The van der Waals surface area contributed by atoms with Crippen LogP contribution >= 0.6 is 0 Å². The molecule has 0 bridgehead atoms. The maximum absolute atomic E-state index is 13.0. The number of nitrogens with zero attached hydrogens (tertiary/aromatic N) is 2. The highest BCUT2D eigenvalue weighted by molar-refractivity contribution is 7.91. The van der Waals surface area contributed by atoms with E-state index < -0.39 is 9.84 Å². The summed E-state index contributed by atoms with van der Waals surface area (Å²) >= 11 is 0. The third-order valence-corrected chi connectivity index (χ3v) is 6.74. The predicted octanol–water partition coefficient (Wildman–Crippen LogP) is 3.09. The largest absolute Gasteiger partial charge is 0.340 e. The van der Waals surface area contributed by atoms with Gasteiger partial charge >= 0.3 is 0 Å². The molecule has 1 atom stereocenters. The van der Waals surface area contributed by atoms with E-state index in [1.54, 1.807) is 23.2 Å². The molecular formula is C20H25N3O3S. The number of hydrogen-bond acceptors (Lipinski definition) is 5. The maximum Gasteiger partial charge on any atom is 0.254 e. The van der Waals surface area contributed by atoms with Crippen molar-refractivity contribution in [3.05, 3.63) is 53.2 Å². The van der Waals surface area contributed by atoms with Crippen molar-refractivity contribution in [2.75, 3.05) is 23.4 Å². The van der Waals surface area contributed by atoms with Crippen molar-refractivity contribution >= 4 is 27.2 Å². The summed E-state index contributed by atoms with van der Waals surface area (Å²) < 4.78 is 23.6. The van der Waals surface area contributed by atoms with Crippen LogP contribution in [0.15, 0.2) is 36.5 Å². The van der Waals surface area contributed by atoms with E-state index in [1.165, 1.54) is 0 Å². The summed E-state index contributed by atoms with van der Waals surface area (Å²) in [5.41, 5.74) is 3.67. The molecule has 1 aliphatic heterocycles. The van der Waals surface area contributed by atoms with Crippen molar-refractivity contribution in [3.63, 3.8) is 0 Å². The molecular weight excluding hydrogens is 362 g/mol. The number of rotatable bonds is 5. The fourth-order valence-electron chi connectivity index (χ4n) is 3.53. The minimum Gasteiger partial charge on any atom is -0.340 e. The lowest BCUT2D eigenvalue weighted by molar-refractivity contribution is 0.0708. The molecule has 0 spiro atoms. The number of hydrogen-bond donors (Lipinski definition) is 1. The van der Waals surface area contributed by atoms with Crippen LogP contribution in [0.2, 0.25) is 0 Å². The van der Waals surface area contributed by atoms with Crippen LogP contribution < -0.4 is 5.32 Å². The van der Waals surface area contributed by atoms with E-state index in [9.17, 15) is 13.2 Å². The normalized spacial score (nSPS) is 18.3. The van der Waals surface area contributed by atoms with Crippen molar-refractivity contribution in [3.8, 4) is 0 Å². The molecule has 0 saturated carbocycles. The van der Waals surface area contributed by atoms with Crippen LogP contribution in [0.25, 0.3) is 0 Å². The van der Waals surface area contributed by atoms with E-state index in [0.29, 0.717) is 24.3 Å². The number of aromatic nitrogens is 1. The number of anilines is 2. The molecule has 1 N–H and O–H groups in total. The van der Waals surface area contributed by atoms with Gasteiger partial charge < -0.3 is 10.2 Å². The molecule has 2 heterocycles. The van der Waals surface area contributed by atoms with Crippen LogP contribution in [0.5, 0.6) is 0 Å². The molecule has 27 heavy (non-hydrogen) atoms. The average Bonchev–Trinajstić information content (AvgIpc) is 2.99. The third kappa shape index (κ3) is 4.30. The van der Waals surface area contributed by atoms with Gasteiger partial charge in [0.25, 0.3) is 5.91 Å². The third-order valence-electron chi connectivity index (χ3n) is 4.99. The summed E-state index contributed by atoms with van der Waals surface area (Å²) in [6, 6.07) is 9.17. The van der Waals surface area contributed by atoms with Gasteiger partial charge in [0.1, 0.15) is 5.82 Å². The van der Waals surface area contributed by atoms with Gasteiger partial charge in [0.05, 0.1) is 11.5 Å². The van der Waals surface area contributed by atoms with Gasteiger partial charge in [-0.3, -0.25) is 4.79 Å². The van der Waals surface area contributed by atoms with E-state index in [-0.39, 0.29) is 23.5 Å². The zero-order valence-corrected chi connectivity index (χ0v) is 16.7. The Hall–Kier alpha value is -2.41. The van der Waals surface area contributed by atoms with Gasteiger partial charge in [-0.2, -0.15) is 0 Å². The lowest BCUT2D eigenvalue weighted by atomic mass is 10.1. The Bertz CT molecular complexity index is 936. The van der Waals surface area contributed by atoms with Gasteiger partial charge in [-0.05, 0) is 50.5 Å². The zero-order chi connectivity index (χ0) is 19.6. The molecule has 3 rings (SSSR count). The number of carbonyl (C=O) groups is 1. The number of para-hydroxylation sites is 1. The van der Waals surface area contributed by atoms with Crippen molar-refractivity contribution in [1.82, 2.24) is 9.88 Å². The quantitative estimate of drug-likeness (QED) is 0.853. The molecule has 7 heteroatoms. The summed E-state index contributed by atoms with van der Waals surface area (Å²) in [6.45, 7) is 6.38. The number of pyridine rings is 1. The standard InChI is InChI=1S/C20H25N3O3S/c1-4-23(17-9-11-27(25,26)13-17)20(24)16-8-10-21-18(12-16)22-19-14(2)6-5-7-15(19)3/h5-8,10,12,17H,4,9,11,13H2,1-3H3,(H,21,22). The Morgan fingerprint density at radius 3 is 2.56 bits per heavy atom. The van der Waals surface area contributed by atoms with E-state index in [2.05, 4.69) is 10.3 Å². The second-order valence-electron chi connectivity index (χ2n) is 6.97. The Kier molecular flexibility index (Phi) is 5.51. The average molecular weight is 388 g/mol. The molecule has 144 valence electrons. The molecule has 1 fully saturated rings. The minimum atomic E-state index is -3.04. The summed E-state index contributed by atoms with van der Waals surface area (Å²) in [5, 5.41) is 3.30. The SMILES string of the molecule is CCN(C(=O)c1ccnc(Nc2c(C)cccc2C)c1)C1CCS(=O)(=O)C1. The van der Waals surface area contributed by atoms with Gasteiger partial charge in [-0.1, -0.05) is 18.2 Å². The molecule has 6 nitrogen and oxygen atoms in total. The van der Waals surface area contributed by atoms with Crippen molar-refractivity contribution in [1.29, 1.82) is 0 Å². The van der Waals surface area contributed by atoms with E-state index in [0.717, 1.165) is 16.8 Å². The zero-order valence-electron chi connectivity index (χ0n) is 15.9. The summed E-state index contributed by atoms with van der Waals surface area (Å²) in [7, 11) is -3.04. The number of benzene rings is 1. The highest BCUT2D eigenvalue weighted by Crippen LogP contribution is 2.25. The number of amides is 1. The first-order chi connectivity index (χ1) is 12.8. The first kappa shape index (κ1) is 19.4. The monoisotopic (exact) mass is 387 g/mol.